The van der Waals surface area contributed by atoms with Gasteiger partial charge in [-0.15, -0.1) is 0 Å². The largest absolute Gasteiger partial charge is 0.325 e. The molecule has 1 aromatic heterocycles. The zero-order chi connectivity index (χ0) is 18.3. The SMILES string of the molecule is Cc1nc(CN)c(CC#N)c(C)c1C.O=S(=O)(O)c1ccccc1. The summed E-state index contributed by atoms with van der Waals surface area (Å²) >= 11 is 0. The molecule has 0 amide bonds. The number of benzene rings is 1. The van der Waals surface area contributed by atoms with E-state index in [0.717, 1.165) is 28.1 Å². The third-order valence-corrected chi connectivity index (χ3v) is 4.57. The smallest absolute Gasteiger partial charge is 0.294 e. The molecule has 0 unspecified atom stereocenters. The Bertz CT molecular complexity index is 842. The van der Waals surface area contributed by atoms with Crippen LogP contribution in [0.15, 0.2) is 35.2 Å². The second-order valence-corrected chi connectivity index (χ2v) is 6.62. The van der Waals surface area contributed by atoms with Crippen molar-refractivity contribution in [2.24, 2.45) is 5.73 Å². The standard InChI is InChI=1S/C11H15N3.C6H6O3S/c1-7-8(2)10(4-5-12)11(6-13)14-9(7)3;7-10(8,9)6-4-2-1-3-5-6/h4,6,13H2,1-3H3;1-5H,(H,7,8,9). The van der Waals surface area contributed by atoms with Crippen LogP contribution in [0.3, 0.4) is 0 Å². The summed E-state index contributed by atoms with van der Waals surface area (Å²) < 4.78 is 29.2. The number of hydrogen-bond donors (Lipinski definition) is 2. The number of nitriles is 1. The van der Waals surface area contributed by atoms with Crippen LogP contribution in [0.2, 0.25) is 0 Å². The van der Waals surface area contributed by atoms with Crippen molar-refractivity contribution in [1.82, 2.24) is 4.98 Å². The molecule has 6 nitrogen and oxygen atoms in total. The maximum absolute atomic E-state index is 10.4. The van der Waals surface area contributed by atoms with Crippen molar-refractivity contribution in [3.8, 4) is 6.07 Å². The summed E-state index contributed by atoms with van der Waals surface area (Å²) in [6, 6.07) is 9.57. The maximum atomic E-state index is 10.4. The van der Waals surface area contributed by atoms with E-state index in [-0.39, 0.29) is 4.90 Å². The molecule has 7 heteroatoms. The Labute approximate surface area is 142 Å². The van der Waals surface area contributed by atoms with Gasteiger partial charge in [-0.2, -0.15) is 13.7 Å². The molecule has 3 N–H and O–H groups in total. The van der Waals surface area contributed by atoms with E-state index in [4.69, 9.17) is 15.5 Å². The van der Waals surface area contributed by atoms with Crippen LogP contribution >= 0.6 is 0 Å². The molecule has 0 saturated carbocycles. The number of aryl methyl sites for hydroxylation is 1. The van der Waals surface area contributed by atoms with Crippen molar-refractivity contribution < 1.29 is 13.0 Å². The average molecular weight is 347 g/mol. The molecule has 0 aliphatic rings. The quantitative estimate of drug-likeness (QED) is 0.824. The molecule has 24 heavy (non-hydrogen) atoms. The number of nitrogens with zero attached hydrogens (tertiary/aromatic N) is 2. The molecule has 1 heterocycles. The molecule has 128 valence electrons. The number of rotatable bonds is 3. The van der Waals surface area contributed by atoms with Gasteiger partial charge in [0.25, 0.3) is 10.1 Å². The predicted molar refractivity (Wildman–Crippen MR) is 91.9 cm³/mol. The summed E-state index contributed by atoms with van der Waals surface area (Å²) in [4.78, 5) is 4.32. The van der Waals surface area contributed by atoms with Crippen molar-refractivity contribution >= 4 is 10.1 Å². The van der Waals surface area contributed by atoms with Gasteiger partial charge in [0.2, 0.25) is 0 Å². The third-order valence-electron chi connectivity index (χ3n) is 3.70. The van der Waals surface area contributed by atoms with Gasteiger partial charge in [0.15, 0.2) is 0 Å². The first-order valence-corrected chi connectivity index (χ1v) is 8.71. The zero-order valence-corrected chi connectivity index (χ0v) is 14.8. The molecule has 2 rings (SSSR count). The first-order chi connectivity index (χ1) is 11.2. The Morgan fingerprint density at radius 1 is 1.17 bits per heavy atom. The van der Waals surface area contributed by atoms with Gasteiger partial charge < -0.3 is 5.73 Å². The van der Waals surface area contributed by atoms with Gasteiger partial charge in [0.05, 0.1) is 23.1 Å². The van der Waals surface area contributed by atoms with Gasteiger partial charge in [-0.05, 0) is 49.6 Å². The number of nitrogens with two attached hydrogens (primary N) is 1. The monoisotopic (exact) mass is 347 g/mol. The van der Waals surface area contributed by atoms with E-state index >= 15 is 0 Å². The van der Waals surface area contributed by atoms with Crippen molar-refractivity contribution in [3.05, 3.63) is 58.4 Å². The first-order valence-electron chi connectivity index (χ1n) is 7.27. The van der Waals surface area contributed by atoms with Crippen LogP contribution in [0.1, 0.15) is 28.1 Å². The van der Waals surface area contributed by atoms with E-state index in [9.17, 15) is 8.42 Å². The molecule has 0 saturated heterocycles. The fraction of sp³-hybridized carbons (Fsp3) is 0.294. The number of aromatic nitrogens is 1. The highest BCUT2D eigenvalue weighted by Crippen LogP contribution is 2.19. The molecule has 0 bridgehead atoms. The second-order valence-electron chi connectivity index (χ2n) is 5.20. The highest BCUT2D eigenvalue weighted by molar-refractivity contribution is 7.85. The van der Waals surface area contributed by atoms with Crippen LogP contribution in [0, 0.1) is 32.1 Å². The maximum Gasteiger partial charge on any atom is 0.294 e. The van der Waals surface area contributed by atoms with E-state index in [2.05, 4.69) is 11.1 Å². The van der Waals surface area contributed by atoms with E-state index in [0.29, 0.717) is 13.0 Å². The summed E-state index contributed by atoms with van der Waals surface area (Å²) in [6.07, 6.45) is 0.395. The molecule has 0 fully saturated rings. The van der Waals surface area contributed by atoms with Crippen LogP contribution in [0.5, 0.6) is 0 Å². The van der Waals surface area contributed by atoms with Crippen LogP contribution in [-0.4, -0.2) is 18.0 Å². The van der Waals surface area contributed by atoms with Crippen LogP contribution < -0.4 is 5.73 Å². The van der Waals surface area contributed by atoms with Gasteiger partial charge in [-0.25, -0.2) is 0 Å². The Balaban J connectivity index is 0.000000254. The van der Waals surface area contributed by atoms with Crippen molar-refractivity contribution in [2.45, 2.75) is 38.6 Å². The molecule has 0 radical (unpaired) electrons. The van der Waals surface area contributed by atoms with Crippen molar-refractivity contribution in [3.63, 3.8) is 0 Å². The minimum absolute atomic E-state index is 0.0741. The lowest BCUT2D eigenvalue weighted by atomic mass is 9.99. The van der Waals surface area contributed by atoms with E-state index in [1.165, 1.54) is 12.1 Å². The third kappa shape index (κ3) is 5.13. The lowest BCUT2D eigenvalue weighted by Gasteiger charge is -2.12. The highest BCUT2D eigenvalue weighted by Gasteiger charge is 2.10. The van der Waals surface area contributed by atoms with Crippen LogP contribution in [-0.2, 0) is 23.1 Å². The second kappa shape index (κ2) is 8.55. The molecule has 0 spiro atoms. The topological polar surface area (TPSA) is 117 Å². The molecular formula is C17H21N3O3S. The zero-order valence-electron chi connectivity index (χ0n) is 13.9. The lowest BCUT2D eigenvalue weighted by molar-refractivity contribution is 0.483. The summed E-state index contributed by atoms with van der Waals surface area (Å²) in [7, 11) is -4.00. The fourth-order valence-electron chi connectivity index (χ4n) is 2.14. The van der Waals surface area contributed by atoms with Gasteiger partial charge >= 0.3 is 0 Å². The van der Waals surface area contributed by atoms with E-state index in [1.807, 2.05) is 20.8 Å². The summed E-state index contributed by atoms with van der Waals surface area (Å²) in [6.45, 7) is 6.42. The molecule has 0 aliphatic heterocycles. The highest BCUT2D eigenvalue weighted by atomic mass is 32.2. The molecule has 0 atom stereocenters. The van der Waals surface area contributed by atoms with E-state index in [1.54, 1.807) is 18.2 Å². The van der Waals surface area contributed by atoms with Crippen molar-refractivity contribution in [1.29, 1.82) is 5.26 Å². The molecule has 0 aliphatic carbocycles. The minimum atomic E-state index is -4.00. The Kier molecular flexibility index (Phi) is 7.04. The average Bonchev–Trinajstić information content (AvgIpc) is 2.56. The summed E-state index contributed by atoms with van der Waals surface area (Å²) in [5.74, 6) is 0. The predicted octanol–water partition coefficient (Wildman–Crippen LogP) is 2.46. The number of hydrogen-bond acceptors (Lipinski definition) is 5. The van der Waals surface area contributed by atoms with E-state index < -0.39 is 10.1 Å². The van der Waals surface area contributed by atoms with Crippen molar-refractivity contribution in [2.75, 3.05) is 0 Å². The Morgan fingerprint density at radius 3 is 2.17 bits per heavy atom. The Morgan fingerprint density at radius 2 is 1.75 bits per heavy atom. The molecular weight excluding hydrogens is 326 g/mol. The van der Waals surface area contributed by atoms with Crippen LogP contribution in [0.4, 0.5) is 0 Å². The van der Waals surface area contributed by atoms with Gasteiger partial charge in [-0.3, -0.25) is 9.54 Å². The summed E-state index contributed by atoms with van der Waals surface area (Å²) in [5, 5.41) is 8.71. The van der Waals surface area contributed by atoms with Gasteiger partial charge in [0, 0.05) is 12.2 Å². The first kappa shape index (κ1) is 19.8. The molecule has 2 aromatic rings. The van der Waals surface area contributed by atoms with Gasteiger partial charge in [-0.1, -0.05) is 18.2 Å². The van der Waals surface area contributed by atoms with Gasteiger partial charge in [0.1, 0.15) is 0 Å². The van der Waals surface area contributed by atoms with Crippen LogP contribution in [0.25, 0.3) is 0 Å². The molecule has 1 aromatic carbocycles. The fourth-order valence-corrected chi connectivity index (χ4v) is 2.64. The summed E-state index contributed by atoms with van der Waals surface area (Å²) in [5.41, 5.74) is 10.8. The number of pyridine rings is 1. The Hall–Kier alpha value is -2.27. The lowest BCUT2D eigenvalue weighted by Crippen LogP contribution is -2.09. The normalized spacial score (nSPS) is 10.5. The minimum Gasteiger partial charge on any atom is -0.325 e.